The molecule has 3 heteroatoms. The summed E-state index contributed by atoms with van der Waals surface area (Å²) in [5.41, 5.74) is 1.00. The summed E-state index contributed by atoms with van der Waals surface area (Å²) in [6.07, 6.45) is 3.86. The molecule has 1 aromatic rings. The van der Waals surface area contributed by atoms with E-state index >= 15 is 0 Å². The molecule has 0 aromatic heterocycles. The summed E-state index contributed by atoms with van der Waals surface area (Å²) in [5, 5.41) is 8.47. The molecule has 0 bridgehead atoms. The van der Waals surface area contributed by atoms with Gasteiger partial charge in [0, 0.05) is 0 Å². The summed E-state index contributed by atoms with van der Waals surface area (Å²) in [6, 6.07) is 5.26. The summed E-state index contributed by atoms with van der Waals surface area (Å²) < 4.78 is 5.00. The van der Waals surface area contributed by atoms with Crippen molar-refractivity contribution in [2.75, 3.05) is 7.11 Å². The van der Waals surface area contributed by atoms with E-state index in [1.165, 1.54) is 7.11 Å². The lowest BCUT2D eigenvalue weighted by atomic mass is 10.2. The Balaban J connectivity index is 3.05. The first kappa shape index (κ1) is 9.61. The average Bonchev–Trinajstić information content (AvgIpc) is 2.18. The summed E-state index contributed by atoms with van der Waals surface area (Å²) in [4.78, 5) is 4.12. The zero-order valence-corrected chi connectivity index (χ0v) is 7.65. The summed E-state index contributed by atoms with van der Waals surface area (Å²) >= 11 is 0. The quantitative estimate of drug-likeness (QED) is 0.574. The Morgan fingerprint density at radius 3 is 2.62 bits per heavy atom. The summed E-state index contributed by atoms with van der Waals surface area (Å²) in [7, 11) is 1.53. The minimum Gasteiger partial charge on any atom is -0.493 e. The Kier molecular flexibility index (Phi) is 3.34. The van der Waals surface area contributed by atoms with Crippen LogP contribution in [0.3, 0.4) is 0 Å². The van der Waals surface area contributed by atoms with E-state index in [2.05, 4.69) is 4.89 Å². The third kappa shape index (κ3) is 2.23. The van der Waals surface area contributed by atoms with Crippen LogP contribution in [0.2, 0.25) is 0 Å². The molecule has 0 radical (unpaired) electrons. The molecule has 0 amide bonds. The Morgan fingerprint density at radius 2 is 2.08 bits per heavy atom. The highest BCUT2D eigenvalue weighted by Crippen LogP contribution is 2.27. The molecule has 0 aliphatic carbocycles. The second-order valence-electron chi connectivity index (χ2n) is 2.50. The van der Waals surface area contributed by atoms with Crippen molar-refractivity contribution in [2.45, 2.75) is 6.92 Å². The maximum absolute atomic E-state index is 8.47. The molecule has 70 valence electrons. The number of allylic oxidation sites excluding steroid dienone is 1. The maximum atomic E-state index is 8.47. The monoisotopic (exact) mass is 180 g/mol. The number of benzene rings is 1. The molecule has 0 heterocycles. The first-order valence-corrected chi connectivity index (χ1v) is 3.94. The Labute approximate surface area is 77.2 Å². The number of hydrogen-bond donors (Lipinski definition) is 1. The van der Waals surface area contributed by atoms with Gasteiger partial charge in [0.1, 0.15) is 0 Å². The van der Waals surface area contributed by atoms with Gasteiger partial charge < -0.3 is 9.62 Å². The van der Waals surface area contributed by atoms with Crippen LogP contribution in [-0.2, 0) is 0 Å². The molecule has 1 rings (SSSR count). The zero-order chi connectivity index (χ0) is 9.68. The van der Waals surface area contributed by atoms with Crippen LogP contribution in [0.5, 0.6) is 11.5 Å². The first-order chi connectivity index (χ1) is 6.31. The maximum Gasteiger partial charge on any atom is 0.206 e. The molecule has 13 heavy (non-hydrogen) atoms. The lowest BCUT2D eigenvalue weighted by Gasteiger charge is -2.05. The van der Waals surface area contributed by atoms with E-state index in [-0.39, 0.29) is 0 Å². The molecule has 1 N–H and O–H groups in total. The van der Waals surface area contributed by atoms with Crippen molar-refractivity contribution in [3.8, 4) is 11.5 Å². The molecule has 0 aliphatic rings. The minimum atomic E-state index is 0.316. The average molecular weight is 180 g/mol. The highest BCUT2D eigenvalue weighted by molar-refractivity contribution is 5.55. The molecule has 0 spiro atoms. The lowest BCUT2D eigenvalue weighted by Crippen LogP contribution is -1.90. The molecule has 0 saturated carbocycles. The van der Waals surface area contributed by atoms with E-state index < -0.39 is 0 Å². The van der Waals surface area contributed by atoms with Crippen LogP contribution in [-0.4, -0.2) is 12.4 Å². The lowest BCUT2D eigenvalue weighted by molar-refractivity contribution is -0.139. The standard InChI is InChI=1S/C10H12O3/c1-3-4-8-5-6-9(13-11)10(7-8)12-2/h3-7,11H,1-2H3. The van der Waals surface area contributed by atoms with Crippen molar-refractivity contribution in [2.24, 2.45) is 0 Å². The van der Waals surface area contributed by atoms with E-state index in [9.17, 15) is 0 Å². The van der Waals surface area contributed by atoms with Crippen molar-refractivity contribution < 1.29 is 14.9 Å². The molecule has 0 atom stereocenters. The predicted molar refractivity (Wildman–Crippen MR) is 51.0 cm³/mol. The van der Waals surface area contributed by atoms with Gasteiger partial charge in [-0.05, 0) is 24.6 Å². The van der Waals surface area contributed by atoms with Crippen molar-refractivity contribution in [1.82, 2.24) is 0 Å². The molecule has 1 aromatic carbocycles. The van der Waals surface area contributed by atoms with Crippen LogP contribution in [0.4, 0.5) is 0 Å². The van der Waals surface area contributed by atoms with Gasteiger partial charge in [0.25, 0.3) is 0 Å². The fourth-order valence-electron chi connectivity index (χ4n) is 1.06. The molecule has 0 fully saturated rings. The van der Waals surface area contributed by atoms with E-state index in [4.69, 9.17) is 9.99 Å². The van der Waals surface area contributed by atoms with E-state index in [1.54, 1.807) is 12.1 Å². The highest BCUT2D eigenvalue weighted by atomic mass is 17.1. The van der Waals surface area contributed by atoms with Gasteiger partial charge in [0.05, 0.1) is 7.11 Å². The molecular weight excluding hydrogens is 168 g/mol. The van der Waals surface area contributed by atoms with Gasteiger partial charge in [0.15, 0.2) is 5.75 Å². The van der Waals surface area contributed by atoms with E-state index in [0.717, 1.165) is 5.56 Å². The highest BCUT2D eigenvalue weighted by Gasteiger charge is 2.03. The SMILES string of the molecule is CC=Cc1ccc(OO)c(OC)c1. The molecule has 0 saturated heterocycles. The largest absolute Gasteiger partial charge is 0.493 e. The Morgan fingerprint density at radius 1 is 1.31 bits per heavy atom. The topological polar surface area (TPSA) is 38.7 Å². The van der Waals surface area contributed by atoms with Crippen molar-refractivity contribution in [3.63, 3.8) is 0 Å². The van der Waals surface area contributed by atoms with E-state index in [1.807, 2.05) is 25.1 Å². The fourth-order valence-corrected chi connectivity index (χ4v) is 1.06. The molecular formula is C10H12O3. The second-order valence-corrected chi connectivity index (χ2v) is 2.50. The van der Waals surface area contributed by atoms with Crippen molar-refractivity contribution in [3.05, 3.63) is 29.8 Å². The fraction of sp³-hybridized carbons (Fsp3) is 0.200. The Bertz CT molecular complexity index is 305. The van der Waals surface area contributed by atoms with Gasteiger partial charge in [-0.3, -0.25) is 0 Å². The molecule has 0 aliphatic heterocycles. The van der Waals surface area contributed by atoms with Crippen LogP contribution < -0.4 is 9.62 Å². The third-order valence-corrected chi connectivity index (χ3v) is 1.65. The zero-order valence-electron chi connectivity index (χ0n) is 7.65. The normalized spacial score (nSPS) is 10.4. The number of hydrogen-bond acceptors (Lipinski definition) is 3. The second kappa shape index (κ2) is 4.52. The smallest absolute Gasteiger partial charge is 0.206 e. The van der Waals surface area contributed by atoms with Crippen molar-refractivity contribution >= 4 is 6.08 Å². The van der Waals surface area contributed by atoms with Crippen LogP contribution in [0.15, 0.2) is 24.3 Å². The number of rotatable bonds is 3. The van der Waals surface area contributed by atoms with Gasteiger partial charge in [-0.1, -0.05) is 18.2 Å². The number of methoxy groups -OCH3 is 1. The van der Waals surface area contributed by atoms with Gasteiger partial charge in [0.2, 0.25) is 5.75 Å². The Hall–Kier alpha value is -1.48. The van der Waals surface area contributed by atoms with Crippen LogP contribution in [0.25, 0.3) is 6.08 Å². The summed E-state index contributed by atoms with van der Waals surface area (Å²) in [6.45, 7) is 1.93. The number of ether oxygens (including phenoxy) is 1. The van der Waals surface area contributed by atoms with Gasteiger partial charge in [-0.25, -0.2) is 5.26 Å². The third-order valence-electron chi connectivity index (χ3n) is 1.65. The predicted octanol–water partition coefficient (Wildman–Crippen LogP) is 2.58. The van der Waals surface area contributed by atoms with Gasteiger partial charge >= 0.3 is 0 Å². The first-order valence-electron chi connectivity index (χ1n) is 3.94. The van der Waals surface area contributed by atoms with Crippen LogP contribution >= 0.6 is 0 Å². The van der Waals surface area contributed by atoms with Gasteiger partial charge in [-0.15, -0.1) is 0 Å². The van der Waals surface area contributed by atoms with Crippen LogP contribution in [0.1, 0.15) is 12.5 Å². The van der Waals surface area contributed by atoms with Crippen LogP contribution in [0, 0.1) is 0 Å². The van der Waals surface area contributed by atoms with Gasteiger partial charge in [-0.2, -0.15) is 0 Å². The summed E-state index contributed by atoms with van der Waals surface area (Å²) in [5.74, 6) is 0.828. The van der Waals surface area contributed by atoms with E-state index in [0.29, 0.717) is 11.5 Å². The molecule has 3 nitrogen and oxygen atoms in total. The molecule has 0 unspecified atom stereocenters. The van der Waals surface area contributed by atoms with Crippen molar-refractivity contribution in [1.29, 1.82) is 0 Å². The minimum absolute atomic E-state index is 0.316.